The zero-order chi connectivity index (χ0) is 21.1. The third-order valence-electron chi connectivity index (χ3n) is 5.95. The summed E-state index contributed by atoms with van der Waals surface area (Å²) in [7, 11) is 0. The first kappa shape index (κ1) is 20.2. The summed E-state index contributed by atoms with van der Waals surface area (Å²) in [5, 5.41) is 8.89. The summed E-state index contributed by atoms with van der Waals surface area (Å²) >= 11 is 0. The van der Waals surface area contributed by atoms with Crippen molar-refractivity contribution in [2.24, 2.45) is 28.7 Å². The van der Waals surface area contributed by atoms with Crippen LogP contribution in [0.1, 0.15) is 19.1 Å². The molecular formula is C21H27N5O4. The number of hydrogen-bond donors (Lipinski definition) is 3. The molecule has 0 aromatic carbocycles. The van der Waals surface area contributed by atoms with E-state index in [1.54, 1.807) is 18.4 Å². The second-order valence-electron chi connectivity index (χ2n) is 7.81. The lowest BCUT2D eigenvalue weighted by Crippen LogP contribution is -2.44. The Labute approximate surface area is 175 Å². The van der Waals surface area contributed by atoms with Gasteiger partial charge in [-0.3, -0.25) is 19.3 Å². The average molecular weight is 413 g/mol. The predicted octanol–water partition coefficient (Wildman–Crippen LogP) is 0.258. The maximum absolute atomic E-state index is 12.7. The fourth-order valence-electron chi connectivity index (χ4n) is 4.62. The number of aliphatic imine (C=N–C) groups is 1. The Morgan fingerprint density at radius 1 is 1.17 bits per heavy atom. The van der Waals surface area contributed by atoms with Crippen molar-refractivity contribution in [1.29, 1.82) is 0 Å². The Morgan fingerprint density at radius 2 is 1.90 bits per heavy atom. The fourth-order valence-corrected chi connectivity index (χ4v) is 4.62. The molecular weight excluding hydrogens is 386 g/mol. The molecule has 9 nitrogen and oxygen atoms in total. The largest absolute Gasteiger partial charge is 0.467 e. The van der Waals surface area contributed by atoms with Crippen LogP contribution in [0.15, 0.2) is 40.0 Å². The Morgan fingerprint density at radius 3 is 2.53 bits per heavy atom. The molecule has 0 spiro atoms. The van der Waals surface area contributed by atoms with Gasteiger partial charge in [0.1, 0.15) is 12.3 Å². The van der Waals surface area contributed by atoms with Crippen molar-refractivity contribution in [3.05, 3.63) is 36.3 Å². The number of carbonyl (C=O) groups excluding carboxylic acids is 3. The van der Waals surface area contributed by atoms with Crippen LogP contribution in [0.4, 0.5) is 0 Å². The first-order valence-electron chi connectivity index (χ1n) is 10.4. The predicted molar refractivity (Wildman–Crippen MR) is 109 cm³/mol. The van der Waals surface area contributed by atoms with Crippen LogP contribution in [0.5, 0.6) is 0 Å². The first-order valence-corrected chi connectivity index (χ1v) is 10.4. The van der Waals surface area contributed by atoms with E-state index in [1.165, 1.54) is 4.90 Å². The molecule has 3 aliphatic rings. The number of likely N-dealkylation sites (tertiary alicyclic amines) is 1. The van der Waals surface area contributed by atoms with Crippen LogP contribution in [-0.4, -0.2) is 54.8 Å². The summed E-state index contributed by atoms with van der Waals surface area (Å²) in [6.07, 6.45) is 6.66. The molecule has 4 unspecified atom stereocenters. The zero-order valence-corrected chi connectivity index (χ0v) is 17.0. The number of imide groups is 1. The summed E-state index contributed by atoms with van der Waals surface area (Å²) in [6, 6.07) is 3.54. The summed E-state index contributed by atoms with van der Waals surface area (Å²) < 4.78 is 5.17. The highest BCUT2D eigenvalue weighted by Crippen LogP contribution is 2.52. The Hall–Kier alpha value is -3.10. The van der Waals surface area contributed by atoms with Crippen LogP contribution >= 0.6 is 0 Å². The van der Waals surface area contributed by atoms with E-state index in [9.17, 15) is 14.4 Å². The van der Waals surface area contributed by atoms with E-state index in [4.69, 9.17) is 4.42 Å². The van der Waals surface area contributed by atoms with Crippen molar-refractivity contribution in [3.63, 3.8) is 0 Å². The second-order valence-corrected chi connectivity index (χ2v) is 7.81. The van der Waals surface area contributed by atoms with Crippen molar-refractivity contribution >= 4 is 23.7 Å². The van der Waals surface area contributed by atoms with Gasteiger partial charge in [-0.05, 0) is 37.3 Å². The van der Waals surface area contributed by atoms with E-state index >= 15 is 0 Å². The standard InChI is InChI=1S/C21H27N5O4/c1-2-22-21(25-12-16(27)24-11-15-4-3-9-30-15)23-7-8-26-19(28)17-13-5-6-14(10-13)18(17)20(26)29/h3-6,9,13-14,17-18H,2,7-8,10-12H2,1H3,(H,24,27)(H2,22,23,25). The van der Waals surface area contributed by atoms with E-state index in [0.29, 0.717) is 37.9 Å². The topological polar surface area (TPSA) is 116 Å². The molecule has 4 rings (SSSR count). The molecule has 1 aromatic rings. The summed E-state index contributed by atoms with van der Waals surface area (Å²) in [5.41, 5.74) is 0. The molecule has 160 valence electrons. The van der Waals surface area contributed by atoms with Crippen LogP contribution in [0, 0.1) is 23.7 Å². The number of rotatable bonds is 8. The quantitative estimate of drug-likeness (QED) is 0.244. The number of furan rings is 1. The van der Waals surface area contributed by atoms with Gasteiger partial charge in [-0.15, -0.1) is 0 Å². The molecule has 9 heteroatoms. The smallest absolute Gasteiger partial charge is 0.242 e. The lowest BCUT2D eigenvalue weighted by atomic mass is 9.85. The Kier molecular flexibility index (Phi) is 5.87. The van der Waals surface area contributed by atoms with Gasteiger partial charge in [0.25, 0.3) is 0 Å². The summed E-state index contributed by atoms with van der Waals surface area (Å²) in [5.74, 6) is 0.882. The van der Waals surface area contributed by atoms with Gasteiger partial charge < -0.3 is 20.4 Å². The zero-order valence-electron chi connectivity index (χ0n) is 17.0. The maximum atomic E-state index is 12.7. The van der Waals surface area contributed by atoms with E-state index < -0.39 is 0 Å². The SMILES string of the molecule is CCNC(=NCC(=O)NCc1ccco1)NCCN1C(=O)C2C3C=CC(C3)C2C1=O. The number of fused-ring (bicyclic) bond motifs is 5. The molecule has 3 amide bonds. The molecule has 3 N–H and O–H groups in total. The highest BCUT2D eigenvalue weighted by atomic mass is 16.3. The number of nitrogens with zero attached hydrogens (tertiary/aromatic N) is 2. The number of guanidine groups is 1. The Bertz CT molecular complexity index is 833. The van der Waals surface area contributed by atoms with Crippen LogP contribution in [0.2, 0.25) is 0 Å². The third kappa shape index (κ3) is 3.96. The van der Waals surface area contributed by atoms with E-state index in [-0.39, 0.29) is 47.9 Å². The van der Waals surface area contributed by atoms with Crippen molar-refractivity contribution in [3.8, 4) is 0 Å². The molecule has 2 heterocycles. The van der Waals surface area contributed by atoms with Crippen molar-refractivity contribution < 1.29 is 18.8 Å². The van der Waals surface area contributed by atoms with Crippen molar-refractivity contribution in [2.75, 3.05) is 26.2 Å². The van der Waals surface area contributed by atoms with Crippen LogP contribution in [0.3, 0.4) is 0 Å². The summed E-state index contributed by atoms with van der Waals surface area (Å²) in [6.45, 7) is 3.48. The monoisotopic (exact) mass is 413 g/mol. The number of carbonyl (C=O) groups is 3. The van der Waals surface area contributed by atoms with Crippen LogP contribution in [0.25, 0.3) is 0 Å². The van der Waals surface area contributed by atoms with Gasteiger partial charge in [0, 0.05) is 19.6 Å². The van der Waals surface area contributed by atoms with Gasteiger partial charge in [-0.25, -0.2) is 4.99 Å². The lowest BCUT2D eigenvalue weighted by Gasteiger charge is -2.18. The molecule has 4 atom stereocenters. The van der Waals surface area contributed by atoms with E-state index in [0.717, 1.165) is 6.42 Å². The molecule has 0 radical (unpaired) electrons. The molecule has 1 saturated carbocycles. The first-order chi connectivity index (χ1) is 14.6. The number of hydrogen-bond acceptors (Lipinski definition) is 5. The molecule has 30 heavy (non-hydrogen) atoms. The maximum Gasteiger partial charge on any atom is 0.242 e. The van der Waals surface area contributed by atoms with E-state index in [2.05, 4.69) is 33.1 Å². The minimum atomic E-state index is -0.232. The molecule has 1 saturated heterocycles. The number of nitrogens with one attached hydrogen (secondary N) is 3. The fraction of sp³-hybridized carbons (Fsp3) is 0.524. The number of allylic oxidation sites excluding steroid dienone is 2. The Balaban J connectivity index is 1.25. The van der Waals surface area contributed by atoms with Gasteiger partial charge in [-0.1, -0.05) is 12.2 Å². The van der Waals surface area contributed by atoms with Gasteiger partial charge in [0.15, 0.2) is 5.96 Å². The van der Waals surface area contributed by atoms with Gasteiger partial charge in [-0.2, -0.15) is 0 Å². The van der Waals surface area contributed by atoms with Gasteiger partial charge in [0.2, 0.25) is 17.7 Å². The van der Waals surface area contributed by atoms with Gasteiger partial charge in [0.05, 0.1) is 24.6 Å². The minimum absolute atomic E-state index is 0.0448. The van der Waals surface area contributed by atoms with Crippen LogP contribution < -0.4 is 16.0 Å². The highest BCUT2D eigenvalue weighted by molar-refractivity contribution is 6.06. The molecule has 2 fully saturated rings. The third-order valence-corrected chi connectivity index (χ3v) is 5.95. The van der Waals surface area contributed by atoms with Crippen LogP contribution in [-0.2, 0) is 20.9 Å². The second kappa shape index (κ2) is 8.73. The van der Waals surface area contributed by atoms with Crippen molar-refractivity contribution in [1.82, 2.24) is 20.9 Å². The molecule has 1 aliphatic heterocycles. The molecule has 2 aliphatic carbocycles. The molecule has 2 bridgehead atoms. The minimum Gasteiger partial charge on any atom is -0.467 e. The van der Waals surface area contributed by atoms with E-state index in [1.807, 2.05) is 6.92 Å². The lowest BCUT2D eigenvalue weighted by molar-refractivity contribution is -0.140. The summed E-state index contributed by atoms with van der Waals surface area (Å²) in [4.78, 5) is 43.0. The number of amides is 3. The average Bonchev–Trinajstić information content (AvgIpc) is 3.52. The van der Waals surface area contributed by atoms with Crippen molar-refractivity contribution in [2.45, 2.75) is 19.9 Å². The highest BCUT2D eigenvalue weighted by Gasteiger charge is 2.58. The normalized spacial score (nSPS) is 27.0. The molecule has 1 aromatic heterocycles. The van der Waals surface area contributed by atoms with Gasteiger partial charge >= 0.3 is 0 Å².